The van der Waals surface area contributed by atoms with Crippen LogP contribution in [0.4, 0.5) is 5.69 Å². The van der Waals surface area contributed by atoms with Crippen molar-refractivity contribution in [3.8, 4) is 0 Å². The van der Waals surface area contributed by atoms with Crippen LogP contribution in [0.15, 0.2) is 28.6 Å². The molecule has 0 radical (unpaired) electrons. The van der Waals surface area contributed by atoms with Crippen molar-refractivity contribution in [2.45, 2.75) is 38.3 Å². The Hall–Kier alpha value is -1.40. The molecule has 2 heterocycles. The Morgan fingerprint density at radius 1 is 1.35 bits per heavy atom. The number of carbonyl (C=O) groups is 1. The first-order chi connectivity index (χ1) is 11.1. The van der Waals surface area contributed by atoms with Crippen molar-refractivity contribution < 1.29 is 9.00 Å². The van der Waals surface area contributed by atoms with Gasteiger partial charge in [-0.05, 0) is 57.0 Å². The van der Waals surface area contributed by atoms with Crippen molar-refractivity contribution >= 4 is 21.3 Å². The first-order valence-corrected chi connectivity index (χ1v) is 10.2. The average molecular weight is 335 g/mol. The van der Waals surface area contributed by atoms with Gasteiger partial charge in [-0.1, -0.05) is 12.1 Å². The summed E-state index contributed by atoms with van der Waals surface area (Å²) >= 11 is 0. The van der Waals surface area contributed by atoms with Crippen LogP contribution in [0.3, 0.4) is 0 Å². The van der Waals surface area contributed by atoms with Crippen molar-refractivity contribution in [1.82, 2.24) is 4.90 Å². The minimum Gasteiger partial charge on any atom is -0.325 e. The molecule has 0 spiro atoms. The van der Waals surface area contributed by atoms with E-state index in [2.05, 4.69) is 14.6 Å². The molecule has 0 bridgehead atoms. The summed E-state index contributed by atoms with van der Waals surface area (Å²) in [6, 6.07) is 7.69. The highest BCUT2D eigenvalue weighted by atomic mass is 32.2. The van der Waals surface area contributed by atoms with Gasteiger partial charge in [-0.25, -0.2) is 8.57 Å². The maximum absolute atomic E-state index is 12.4. The number of rotatable bonds is 4. The summed E-state index contributed by atoms with van der Waals surface area (Å²) in [4.78, 5) is 14.4. The second-order valence-corrected chi connectivity index (χ2v) is 9.12. The number of likely N-dealkylation sites (tertiary alicyclic amines) is 1. The van der Waals surface area contributed by atoms with E-state index in [0.29, 0.717) is 6.54 Å². The number of benzene rings is 1. The number of likely N-dealkylation sites (N-methyl/N-ethyl adjacent to an activating group) is 1. The van der Waals surface area contributed by atoms with E-state index in [1.54, 1.807) is 0 Å². The fraction of sp³-hybridized carbons (Fsp3) is 0.588. The largest absolute Gasteiger partial charge is 0.325 e. The first-order valence-electron chi connectivity index (χ1n) is 8.34. The Kier molecular flexibility index (Phi) is 5.02. The lowest BCUT2D eigenvalue weighted by Crippen LogP contribution is -2.37. The van der Waals surface area contributed by atoms with E-state index in [0.717, 1.165) is 55.0 Å². The van der Waals surface area contributed by atoms with E-state index in [-0.39, 0.29) is 11.9 Å². The molecule has 1 amide bonds. The molecule has 0 aromatic heterocycles. The number of nitrogens with zero attached hydrogens (tertiary/aromatic N) is 2. The molecule has 2 saturated heterocycles. The van der Waals surface area contributed by atoms with Gasteiger partial charge in [0.05, 0.1) is 12.6 Å². The molecule has 1 atom stereocenters. The van der Waals surface area contributed by atoms with Gasteiger partial charge in [0, 0.05) is 26.9 Å². The Bertz CT molecular complexity index is 683. The molecule has 1 aromatic rings. The van der Waals surface area contributed by atoms with Crippen molar-refractivity contribution in [2.24, 2.45) is 4.36 Å². The van der Waals surface area contributed by atoms with Crippen molar-refractivity contribution in [2.75, 3.05) is 30.4 Å². The van der Waals surface area contributed by atoms with E-state index in [1.807, 2.05) is 31.3 Å². The van der Waals surface area contributed by atoms with E-state index in [4.69, 9.17) is 0 Å². The summed E-state index contributed by atoms with van der Waals surface area (Å²) in [6.07, 6.45) is 4.03. The SMILES string of the molecule is CN1CCC[C@H]1C(=O)Nc1cccc(CN=S2(=O)CCCC2)c1. The fourth-order valence-electron chi connectivity index (χ4n) is 3.29. The van der Waals surface area contributed by atoms with Crippen LogP contribution >= 0.6 is 0 Å². The van der Waals surface area contributed by atoms with Gasteiger partial charge >= 0.3 is 0 Å². The Morgan fingerprint density at radius 3 is 2.83 bits per heavy atom. The lowest BCUT2D eigenvalue weighted by molar-refractivity contribution is -0.119. The molecule has 126 valence electrons. The van der Waals surface area contributed by atoms with Gasteiger partial charge < -0.3 is 5.32 Å². The lowest BCUT2D eigenvalue weighted by atomic mass is 10.1. The highest BCUT2D eigenvalue weighted by Crippen LogP contribution is 2.19. The van der Waals surface area contributed by atoms with Crippen LogP contribution in [0, 0.1) is 0 Å². The molecule has 0 aliphatic carbocycles. The topological polar surface area (TPSA) is 61.8 Å². The third-order valence-corrected chi connectivity index (χ3v) is 7.13. The molecule has 5 nitrogen and oxygen atoms in total. The standard InChI is InChI=1S/C17H25N3O2S/c1-20-9-5-8-16(20)17(21)19-15-7-4-6-14(12-15)13-18-23(22)10-2-3-11-23/h4,6-7,12,16H,2-3,5,8-11,13H2,1H3,(H,19,21)/t16-/m0/s1. The molecule has 23 heavy (non-hydrogen) atoms. The van der Waals surface area contributed by atoms with Crippen LogP contribution in [-0.4, -0.2) is 46.2 Å². The number of nitrogens with one attached hydrogen (secondary N) is 1. The van der Waals surface area contributed by atoms with Gasteiger partial charge in [-0.2, -0.15) is 0 Å². The highest BCUT2D eigenvalue weighted by molar-refractivity contribution is 7.93. The van der Waals surface area contributed by atoms with Crippen molar-refractivity contribution in [1.29, 1.82) is 0 Å². The average Bonchev–Trinajstić information content (AvgIpc) is 3.15. The number of anilines is 1. The molecule has 2 fully saturated rings. The minimum absolute atomic E-state index is 0.0313. The van der Waals surface area contributed by atoms with Gasteiger partial charge in [0.2, 0.25) is 5.91 Å². The van der Waals surface area contributed by atoms with Gasteiger partial charge in [-0.3, -0.25) is 9.69 Å². The molecule has 0 unspecified atom stereocenters. The molecule has 1 N–H and O–H groups in total. The zero-order valence-corrected chi connectivity index (χ0v) is 14.5. The summed E-state index contributed by atoms with van der Waals surface area (Å²) in [5, 5.41) is 3.00. The Labute approximate surface area is 138 Å². The summed E-state index contributed by atoms with van der Waals surface area (Å²) in [5.41, 5.74) is 1.79. The number of hydrogen-bond acceptors (Lipinski definition) is 4. The highest BCUT2D eigenvalue weighted by Gasteiger charge is 2.27. The number of carbonyl (C=O) groups excluding carboxylic acids is 1. The van der Waals surface area contributed by atoms with E-state index >= 15 is 0 Å². The van der Waals surface area contributed by atoms with Crippen molar-refractivity contribution in [3.63, 3.8) is 0 Å². The third-order valence-electron chi connectivity index (χ3n) is 4.68. The Morgan fingerprint density at radius 2 is 2.13 bits per heavy atom. The van der Waals surface area contributed by atoms with E-state index in [1.165, 1.54) is 0 Å². The molecule has 2 aliphatic heterocycles. The maximum Gasteiger partial charge on any atom is 0.241 e. The van der Waals surface area contributed by atoms with Crippen LogP contribution in [0.1, 0.15) is 31.2 Å². The zero-order valence-electron chi connectivity index (χ0n) is 13.7. The van der Waals surface area contributed by atoms with Crippen molar-refractivity contribution in [3.05, 3.63) is 29.8 Å². The van der Waals surface area contributed by atoms with E-state index in [9.17, 15) is 9.00 Å². The van der Waals surface area contributed by atoms with Gasteiger partial charge in [-0.15, -0.1) is 0 Å². The summed E-state index contributed by atoms with van der Waals surface area (Å²) in [5.74, 6) is 1.52. The van der Waals surface area contributed by atoms with Crippen LogP contribution in [0.25, 0.3) is 0 Å². The smallest absolute Gasteiger partial charge is 0.241 e. The molecular weight excluding hydrogens is 310 g/mol. The molecule has 0 saturated carbocycles. The van der Waals surface area contributed by atoms with E-state index < -0.39 is 9.73 Å². The van der Waals surface area contributed by atoms with Crippen LogP contribution in [-0.2, 0) is 21.1 Å². The van der Waals surface area contributed by atoms with Gasteiger partial charge in [0.25, 0.3) is 0 Å². The summed E-state index contributed by atoms with van der Waals surface area (Å²) in [7, 11) is 0.0135. The number of hydrogen-bond donors (Lipinski definition) is 1. The second kappa shape index (κ2) is 7.01. The third kappa shape index (κ3) is 4.12. The molecular formula is C17H25N3O2S. The first kappa shape index (κ1) is 16.5. The Balaban J connectivity index is 1.65. The van der Waals surface area contributed by atoms with Gasteiger partial charge in [0.1, 0.15) is 0 Å². The van der Waals surface area contributed by atoms with Crippen LogP contribution in [0.2, 0.25) is 0 Å². The van der Waals surface area contributed by atoms with Crippen LogP contribution < -0.4 is 5.32 Å². The molecule has 3 rings (SSSR count). The lowest BCUT2D eigenvalue weighted by Gasteiger charge is -2.18. The normalized spacial score (nSPS) is 23.8. The quantitative estimate of drug-likeness (QED) is 0.919. The minimum atomic E-state index is -1.98. The predicted octanol–water partition coefficient (Wildman–Crippen LogP) is 2.48. The predicted molar refractivity (Wildman–Crippen MR) is 94.0 cm³/mol. The second-order valence-electron chi connectivity index (χ2n) is 6.50. The number of amides is 1. The fourth-order valence-corrected chi connectivity index (χ4v) is 5.45. The summed E-state index contributed by atoms with van der Waals surface area (Å²) in [6.45, 7) is 1.44. The molecule has 2 aliphatic rings. The monoisotopic (exact) mass is 335 g/mol. The summed E-state index contributed by atoms with van der Waals surface area (Å²) < 4.78 is 16.8. The maximum atomic E-state index is 12.4. The van der Waals surface area contributed by atoms with Gasteiger partial charge in [0.15, 0.2) is 0 Å². The van der Waals surface area contributed by atoms with Crippen LogP contribution in [0.5, 0.6) is 0 Å². The molecule has 6 heteroatoms. The zero-order chi connectivity index (χ0) is 16.3. The molecule has 1 aromatic carbocycles.